The molecule has 0 spiro atoms. The van der Waals surface area contributed by atoms with Gasteiger partial charge in [0.15, 0.2) is 5.82 Å². The summed E-state index contributed by atoms with van der Waals surface area (Å²) in [4.78, 5) is 19.5. The second kappa shape index (κ2) is 6.71. The first kappa shape index (κ1) is 14.8. The minimum absolute atomic E-state index is 0.124. The third-order valence-electron chi connectivity index (χ3n) is 2.65. The summed E-state index contributed by atoms with van der Waals surface area (Å²) < 4.78 is 26.0. The summed E-state index contributed by atoms with van der Waals surface area (Å²) in [5, 5.41) is 2.59. The quantitative estimate of drug-likeness (QED) is 0.565. The zero-order valence-corrected chi connectivity index (χ0v) is 10.9. The van der Waals surface area contributed by atoms with E-state index in [4.69, 9.17) is 5.84 Å². The second-order valence-electron chi connectivity index (χ2n) is 4.21. The molecule has 6 nitrogen and oxygen atoms in total. The number of amides is 1. The Morgan fingerprint density at radius 1 is 1.14 bits per heavy atom. The van der Waals surface area contributed by atoms with Gasteiger partial charge in [-0.15, -0.1) is 0 Å². The topological polar surface area (TPSA) is 92.9 Å². The van der Waals surface area contributed by atoms with Crippen molar-refractivity contribution in [3.63, 3.8) is 0 Å². The van der Waals surface area contributed by atoms with E-state index in [1.807, 2.05) is 0 Å². The Kier molecular flexibility index (Phi) is 4.72. The number of hydrogen-bond donors (Lipinski definition) is 3. The molecule has 110 valence electrons. The predicted molar refractivity (Wildman–Crippen MR) is 72.2 cm³/mol. The van der Waals surface area contributed by atoms with Gasteiger partial charge in [-0.1, -0.05) is 0 Å². The molecule has 0 atom stereocenters. The zero-order valence-electron chi connectivity index (χ0n) is 10.9. The van der Waals surface area contributed by atoms with Crippen LogP contribution in [0.1, 0.15) is 16.1 Å². The van der Waals surface area contributed by atoms with Crippen LogP contribution in [0.25, 0.3) is 0 Å². The van der Waals surface area contributed by atoms with E-state index in [1.54, 1.807) is 0 Å². The number of hydrazine groups is 1. The van der Waals surface area contributed by atoms with Crippen molar-refractivity contribution in [2.24, 2.45) is 5.84 Å². The Bertz CT molecular complexity index is 613. The van der Waals surface area contributed by atoms with Gasteiger partial charge < -0.3 is 10.7 Å². The van der Waals surface area contributed by atoms with Crippen LogP contribution in [0.4, 0.5) is 14.6 Å². The lowest BCUT2D eigenvalue weighted by molar-refractivity contribution is 0.0949. The SMILES string of the molecule is NNc1cnc(C(=O)NCCc2cc(F)cc(F)c2)cn1. The van der Waals surface area contributed by atoms with E-state index >= 15 is 0 Å². The number of nitrogens with one attached hydrogen (secondary N) is 2. The first-order valence-electron chi connectivity index (χ1n) is 6.10. The molecule has 1 heterocycles. The van der Waals surface area contributed by atoms with Crippen molar-refractivity contribution in [1.29, 1.82) is 0 Å². The highest BCUT2D eigenvalue weighted by atomic mass is 19.1. The molecular formula is C13H13F2N5O. The van der Waals surface area contributed by atoms with Crippen LogP contribution in [0.5, 0.6) is 0 Å². The molecule has 1 amide bonds. The van der Waals surface area contributed by atoms with Crippen LogP contribution in [0.2, 0.25) is 0 Å². The van der Waals surface area contributed by atoms with E-state index in [0.717, 1.165) is 6.07 Å². The zero-order chi connectivity index (χ0) is 15.2. The molecule has 1 aromatic carbocycles. The highest BCUT2D eigenvalue weighted by molar-refractivity contribution is 5.91. The van der Waals surface area contributed by atoms with Gasteiger partial charge in [0.1, 0.15) is 17.3 Å². The number of hydrogen-bond acceptors (Lipinski definition) is 5. The standard InChI is InChI=1S/C13H13F2N5O/c14-9-3-8(4-10(15)5-9)1-2-17-13(21)11-6-19-12(20-16)7-18-11/h3-7H,1-2,16H2,(H,17,21)(H,19,20). The maximum atomic E-state index is 13.0. The first-order chi connectivity index (χ1) is 10.1. The van der Waals surface area contributed by atoms with E-state index < -0.39 is 17.5 Å². The van der Waals surface area contributed by atoms with E-state index in [-0.39, 0.29) is 12.2 Å². The normalized spacial score (nSPS) is 10.2. The van der Waals surface area contributed by atoms with E-state index in [2.05, 4.69) is 20.7 Å². The van der Waals surface area contributed by atoms with Gasteiger partial charge in [0.2, 0.25) is 0 Å². The molecule has 0 unspecified atom stereocenters. The molecule has 4 N–H and O–H groups in total. The molecule has 0 aliphatic carbocycles. The van der Waals surface area contributed by atoms with Gasteiger partial charge in [-0.2, -0.15) is 0 Å². The van der Waals surface area contributed by atoms with Crippen LogP contribution < -0.4 is 16.6 Å². The highest BCUT2D eigenvalue weighted by Gasteiger charge is 2.07. The number of benzene rings is 1. The fourth-order valence-electron chi connectivity index (χ4n) is 1.69. The van der Waals surface area contributed by atoms with E-state index in [1.165, 1.54) is 24.5 Å². The van der Waals surface area contributed by atoms with Crippen molar-refractivity contribution in [3.05, 3.63) is 53.5 Å². The smallest absolute Gasteiger partial charge is 0.271 e. The van der Waals surface area contributed by atoms with Crippen LogP contribution >= 0.6 is 0 Å². The third kappa shape index (κ3) is 4.18. The fraction of sp³-hybridized carbons (Fsp3) is 0.154. The Labute approximate surface area is 119 Å². The lowest BCUT2D eigenvalue weighted by Gasteiger charge is -2.05. The van der Waals surface area contributed by atoms with E-state index in [9.17, 15) is 13.6 Å². The molecule has 0 radical (unpaired) electrons. The van der Waals surface area contributed by atoms with Crippen LogP contribution in [0, 0.1) is 11.6 Å². The number of anilines is 1. The van der Waals surface area contributed by atoms with E-state index in [0.29, 0.717) is 17.8 Å². The van der Waals surface area contributed by atoms with Crippen molar-refractivity contribution >= 4 is 11.7 Å². The molecule has 0 aliphatic rings. The van der Waals surface area contributed by atoms with Gasteiger partial charge in [-0.05, 0) is 24.1 Å². The van der Waals surface area contributed by atoms with Gasteiger partial charge in [-0.25, -0.2) is 24.6 Å². The molecule has 8 heteroatoms. The summed E-state index contributed by atoms with van der Waals surface area (Å²) in [6.45, 7) is 0.223. The van der Waals surface area contributed by atoms with Crippen LogP contribution in [0.3, 0.4) is 0 Å². The minimum atomic E-state index is -0.646. The monoisotopic (exact) mass is 293 g/mol. The van der Waals surface area contributed by atoms with Crippen molar-refractivity contribution in [1.82, 2.24) is 15.3 Å². The summed E-state index contributed by atoms with van der Waals surface area (Å²) >= 11 is 0. The number of halogens is 2. The number of nitrogen functional groups attached to an aromatic ring is 1. The van der Waals surface area contributed by atoms with Gasteiger partial charge in [-0.3, -0.25) is 4.79 Å². The van der Waals surface area contributed by atoms with Crippen molar-refractivity contribution < 1.29 is 13.6 Å². The Morgan fingerprint density at radius 2 is 1.86 bits per heavy atom. The fourth-order valence-corrected chi connectivity index (χ4v) is 1.69. The van der Waals surface area contributed by atoms with Gasteiger partial charge >= 0.3 is 0 Å². The maximum absolute atomic E-state index is 13.0. The lowest BCUT2D eigenvalue weighted by atomic mass is 10.1. The van der Waals surface area contributed by atoms with Crippen molar-refractivity contribution in [3.8, 4) is 0 Å². The summed E-state index contributed by atoms with van der Waals surface area (Å²) in [7, 11) is 0. The van der Waals surface area contributed by atoms with Gasteiger partial charge in [0.25, 0.3) is 5.91 Å². The number of rotatable bonds is 5. The highest BCUT2D eigenvalue weighted by Crippen LogP contribution is 2.08. The van der Waals surface area contributed by atoms with Crippen LogP contribution in [-0.4, -0.2) is 22.4 Å². The molecule has 0 saturated heterocycles. The summed E-state index contributed by atoms with van der Waals surface area (Å²) in [6.07, 6.45) is 2.89. The summed E-state index contributed by atoms with van der Waals surface area (Å²) in [5.74, 6) is 3.75. The Hall–Kier alpha value is -2.61. The average Bonchev–Trinajstić information content (AvgIpc) is 2.46. The summed E-state index contributed by atoms with van der Waals surface area (Å²) in [6, 6.07) is 3.23. The number of carbonyl (C=O) groups excluding carboxylic acids is 1. The second-order valence-corrected chi connectivity index (χ2v) is 4.21. The number of carbonyl (C=O) groups is 1. The molecule has 1 aromatic heterocycles. The minimum Gasteiger partial charge on any atom is -0.350 e. The Morgan fingerprint density at radius 3 is 2.43 bits per heavy atom. The maximum Gasteiger partial charge on any atom is 0.271 e. The van der Waals surface area contributed by atoms with Crippen LogP contribution in [-0.2, 0) is 6.42 Å². The molecular weight excluding hydrogens is 280 g/mol. The average molecular weight is 293 g/mol. The first-order valence-corrected chi connectivity index (χ1v) is 6.10. The van der Waals surface area contributed by atoms with Crippen LogP contribution in [0.15, 0.2) is 30.6 Å². The molecule has 0 aliphatic heterocycles. The number of nitrogens with zero attached hydrogens (tertiary/aromatic N) is 2. The van der Waals surface area contributed by atoms with Crippen molar-refractivity contribution in [2.75, 3.05) is 12.0 Å². The molecule has 2 rings (SSSR count). The summed E-state index contributed by atoms with van der Waals surface area (Å²) in [5.41, 5.74) is 2.88. The largest absolute Gasteiger partial charge is 0.350 e. The molecule has 0 fully saturated rings. The molecule has 0 saturated carbocycles. The molecule has 21 heavy (non-hydrogen) atoms. The van der Waals surface area contributed by atoms with Crippen molar-refractivity contribution in [2.45, 2.75) is 6.42 Å². The number of nitrogens with two attached hydrogens (primary N) is 1. The predicted octanol–water partition coefficient (Wildman–Crippen LogP) is 1.01. The molecule has 0 bridgehead atoms. The molecule has 2 aromatic rings. The number of aromatic nitrogens is 2. The Balaban J connectivity index is 1.88. The lowest BCUT2D eigenvalue weighted by Crippen LogP contribution is -2.26. The van der Waals surface area contributed by atoms with Gasteiger partial charge in [0, 0.05) is 12.6 Å². The third-order valence-corrected chi connectivity index (χ3v) is 2.65. The van der Waals surface area contributed by atoms with Gasteiger partial charge in [0.05, 0.1) is 12.4 Å².